The van der Waals surface area contributed by atoms with Crippen molar-refractivity contribution in [3.05, 3.63) is 40.8 Å². The third-order valence-corrected chi connectivity index (χ3v) is 4.04. The number of carbonyl (C=O) groups is 1. The summed E-state index contributed by atoms with van der Waals surface area (Å²) in [6.07, 6.45) is 1.56. The summed E-state index contributed by atoms with van der Waals surface area (Å²) < 4.78 is 1.12. The topological polar surface area (TPSA) is 84.2 Å². The predicted molar refractivity (Wildman–Crippen MR) is 84.5 cm³/mol. The number of carbonyl (C=O) groups excluding carboxylic acids is 1. The molecule has 0 aliphatic heterocycles. The van der Waals surface area contributed by atoms with Gasteiger partial charge < -0.3 is 10.4 Å². The molecule has 0 radical (unpaired) electrons. The number of hydrogen-bond donors (Lipinski definition) is 2. The summed E-state index contributed by atoms with van der Waals surface area (Å²) in [6, 6.07) is 7.10. The van der Waals surface area contributed by atoms with Crippen molar-refractivity contribution in [3.63, 3.8) is 0 Å². The van der Waals surface area contributed by atoms with Gasteiger partial charge in [0.1, 0.15) is 6.54 Å². The number of fused-ring (bicyclic) bond motifs is 1. The maximum atomic E-state index is 12.3. The first-order chi connectivity index (χ1) is 10.1. The van der Waals surface area contributed by atoms with Crippen LogP contribution in [0.5, 0.6) is 0 Å². The summed E-state index contributed by atoms with van der Waals surface area (Å²) in [6.45, 7) is 6.49. The van der Waals surface area contributed by atoms with E-state index in [1.807, 2.05) is 6.07 Å². The molecule has 0 bridgehead atoms. The number of hydrogen-bond acceptors (Lipinski definition) is 4. The molecule has 0 aliphatic carbocycles. The highest BCUT2D eigenvalue weighted by Crippen LogP contribution is 2.20. The van der Waals surface area contributed by atoms with Crippen LogP contribution in [0.15, 0.2) is 35.3 Å². The first-order valence-corrected chi connectivity index (χ1v) is 7.10. The van der Waals surface area contributed by atoms with E-state index in [0.717, 1.165) is 10.1 Å². The van der Waals surface area contributed by atoms with Crippen LogP contribution in [0.25, 0.3) is 10.8 Å². The Balaban J connectivity index is 2.23. The van der Waals surface area contributed by atoms with Gasteiger partial charge in [0.15, 0.2) is 0 Å². The Morgan fingerprint density at radius 1 is 1.27 bits per heavy atom. The second-order valence-corrected chi connectivity index (χ2v) is 6.43. The van der Waals surface area contributed by atoms with E-state index in [-0.39, 0.29) is 18.0 Å². The van der Waals surface area contributed by atoms with Gasteiger partial charge in [-0.05, 0) is 33.8 Å². The quantitative estimate of drug-likeness (QED) is 0.884. The zero-order valence-corrected chi connectivity index (χ0v) is 13.3. The lowest BCUT2D eigenvalue weighted by atomic mass is 9.86. The summed E-state index contributed by atoms with van der Waals surface area (Å²) in [4.78, 5) is 24.4. The Kier molecular flexibility index (Phi) is 4.06. The van der Waals surface area contributed by atoms with Crippen molar-refractivity contribution in [2.75, 3.05) is 0 Å². The van der Waals surface area contributed by atoms with Gasteiger partial charge in [-0.25, -0.2) is 4.68 Å². The summed E-state index contributed by atoms with van der Waals surface area (Å²) >= 11 is 0. The third kappa shape index (κ3) is 3.17. The molecule has 0 atom stereocenters. The number of aromatic nitrogens is 2. The van der Waals surface area contributed by atoms with Gasteiger partial charge in [0, 0.05) is 5.39 Å². The van der Waals surface area contributed by atoms with Crippen LogP contribution in [-0.4, -0.2) is 31.9 Å². The number of aliphatic hydroxyl groups is 1. The van der Waals surface area contributed by atoms with Crippen LogP contribution in [0.3, 0.4) is 0 Å². The normalized spacial score (nSPS) is 12.4. The lowest BCUT2D eigenvalue weighted by Crippen LogP contribution is -2.58. The maximum Gasteiger partial charge on any atom is 0.275 e. The molecule has 0 saturated carbocycles. The number of amides is 1. The molecule has 1 aromatic heterocycles. The molecule has 1 amide bonds. The van der Waals surface area contributed by atoms with Crippen molar-refractivity contribution < 1.29 is 9.90 Å². The molecule has 2 rings (SSSR count). The SMILES string of the molecule is CC(C)(O)C(C)(C)NC(=O)Cn1ncc2ccccc2c1=O. The van der Waals surface area contributed by atoms with E-state index in [9.17, 15) is 14.7 Å². The van der Waals surface area contributed by atoms with Gasteiger partial charge in [-0.3, -0.25) is 9.59 Å². The molecule has 1 aromatic carbocycles. The van der Waals surface area contributed by atoms with Gasteiger partial charge in [0.2, 0.25) is 5.91 Å². The molecule has 1 heterocycles. The fourth-order valence-electron chi connectivity index (χ4n) is 1.92. The summed E-state index contributed by atoms with van der Waals surface area (Å²) in [5.41, 5.74) is -2.23. The van der Waals surface area contributed by atoms with Gasteiger partial charge in [0.25, 0.3) is 5.56 Å². The highest BCUT2D eigenvalue weighted by Gasteiger charge is 2.36. The highest BCUT2D eigenvalue weighted by molar-refractivity contribution is 5.81. The van der Waals surface area contributed by atoms with Crippen molar-refractivity contribution in [2.45, 2.75) is 45.4 Å². The predicted octanol–water partition coefficient (Wildman–Crippen LogP) is 1.06. The van der Waals surface area contributed by atoms with Crippen LogP contribution < -0.4 is 10.9 Å². The fraction of sp³-hybridized carbons (Fsp3) is 0.438. The molecule has 2 aromatic rings. The first kappa shape index (κ1) is 16.2. The lowest BCUT2D eigenvalue weighted by Gasteiger charge is -2.37. The van der Waals surface area contributed by atoms with Crippen LogP contribution in [-0.2, 0) is 11.3 Å². The first-order valence-electron chi connectivity index (χ1n) is 7.10. The minimum Gasteiger partial charge on any atom is -0.388 e. The Morgan fingerprint density at radius 3 is 2.55 bits per heavy atom. The lowest BCUT2D eigenvalue weighted by molar-refractivity contribution is -0.127. The van der Waals surface area contributed by atoms with Gasteiger partial charge in [-0.15, -0.1) is 0 Å². The molecule has 0 saturated heterocycles. The van der Waals surface area contributed by atoms with Crippen LogP contribution >= 0.6 is 0 Å². The molecule has 0 unspecified atom stereocenters. The Bertz CT molecular complexity index is 757. The molecule has 0 spiro atoms. The fourth-order valence-corrected chi connectivity index (χ4v) is 1.92. The number of benzene rings is 1. The maximum absolute atomic E-state index is 12.3. The summed E-state index contributed by atoms with van der Waals surface area (Å²) in [5.74, 6) is -0.378. The number of rotatable bonds is 4. The van der Waals surface area contributed by atoms with Crippen LogP contribution in [0.1, 0.15) is 27.7 Å². The van der Waals surface area contributed by atoms with Gasteiger partial charge in [-0.2, -0.15) is 5.10 Å². The smallest absolute Gasteiger partial charge is 0.275 e. The van der Waals surface area contributed by atoms with Crippen LogP contribution in [0.4, 0.5) is 0 Å². The standard InChI is InChI=1S/C16H21N3O3/c1-15(2,16(3,4)22)18-13(20)10-19-14(21)12-8-6-5-7-11(12)9-17-19/h5-9,22H,10H2,1-4H3,(H,18,20). The van der Waals surface area contributed by atoms with Crippen LogP contribution in [0.2, 0.25) is 0 Å². The average Bonchev–Trinajstić information content (AvgIpc) is 2.40. The third-order valence-electron chi connectivity index (χ3n) is 4.04. The van der Waals surface area contributed by atoms with E-state index in [0.29, 0.717) is 5.39 Å². The second-order valence-electron chi connectivity index (χ2n) is 6.43. The molecule has 0 aliphatic rings. The van der Waals surface area contributed by atoms with Gasteiger partial charge in [-0.1, -0.05) is 18.2 Å². The number of nitrogens with zero attached hydrogens (tertiary/aromatic N) is 2. The molecule has 22 heavy (non-hydrogen) atoms. The van der Waals surface area contributed by atoms with E-state index >= 15 is 0 Å². The van der Waals surface area contributed by atoms with E-state index in [4.69, 9.17) is 0 Å². The Hall–Kier alpha value is -2.21. The number of nitrogens with one attached hydrogen (secondary N) is 1. The van der Waals surface area contributed by atoms with Crippen molar-refractivity contribution >= 4 is 16.7 Å². The molecule has 6 heteroatoms. The Labute approximate surface area is 128 Å². The van der Waals surface area contributed by atoms with E-state index in [1.54, 1.807) is 52.1 Å². The largest absolute Gasteiger partial charge is 0.388 e. The summed E-state index contributed by atoms with van der Waals surface area (Å²) in [7, 11) is 0. The molecule has 2 N–H and O–H groups in total. The monoisotopic (exact) mass is 303 g/mol. The molecule has 0 fully saturated rings. The zero-order chi connectivity index (χ0) is 16.5. The molecular formula is C16H21N3O3. The van der Waals surface area contributed by atoms with Gasteiger partial charge in [0.05, 0.1) is 22.7 Å². The van der Waals surface area contributed by atoms with Crippen molar-refractivity contribution in [1.82, 2.24) is 15.1 Å². The Morgan fingerprint density at radius 2 is 1.91 bits per heavy atom. The average molecular weight is 303 g/mol. The van der Waals surface area contributed by atoms with E-state index < -0.39 is 11.1 Å². The van der Waals surface area contributed by atoms with E-state index in [2.05, 4.69) is 10.4 Å². The highest BCUT2D eigenvalue weighted by atomic mass is 16.3. The molecule has 118 valence electrons. The minimum absolute atomic E-state index is 0.191. The zero-order valence-electron chi connectivity index (χ0n) is 13.3. The van der Waals surface area contributed by atoms with Crippen LogP contribution in [0, 0.1) is 0 Å². The minimum atomic E-state index is -1.09. The van der Waals surface area contributed by atoms with Gasteiger partial charge >= 0.3 is 0 Å². The van der Waals surface area contributed by atoms with Crippen molar-refractivity contribution in [1.29, 1.82) is 0 Å². The van der Waals surface area contributed by atoms with E-state index in [1.165, 1.54) is 0 Å². The van der Waals surface area contributed by atoms with Crippen molar-refractivity contribution in [3.8, 4) is 0 Å². The summed E-state index contributed by atoms with van der Waals surface area (Å²) in [5, 5.41) is 18.1. The molecular weight excluding hydrogens is 282 g/mol. The van der Waals surface area contributed by atoms with Crippen molar-refractivity contribution in [2.24, 2.45) is 0 Å². The second kappa shape index (κ2) is 5.53. The molecule has 6 nitrogen and oxygen atoms in total.